The van der Waals surface area contributed by atoms with E-state index in [1.54, 1.807) is 11.8 Å². The van der Waals surface area contributed by atoms with Crippen molar-refractivity contribution in [2.75, 3.05) is 25.4 Å². The van der Waals surface area contributed by atoms with E-state index in [-0.39, 0.29) is 5.91 Å². The molecule has 1 atom stereocenters. The number of hydrogen-bond acceptors (Lipinski definition) is 3. The van der Waals surface area contributed by atoms with Gasteiger partial charge in [0.25, 0.3) is 5.91 Å². The third-order valence-corrected chi connectivity index (χ3v) is 5.26. The molecule has 1 unspecified atom stereocenters. The third-order valence-electron chi connectivity index (χ3n) is 4.31. The van der Waals surface area contributed by atoms with Crippen molar-refractivity contribution >= 4 is 17.7 Å². The SMILES string of the molecule is CCSc1ccccc1C(=O)N(CC1CC1)C1CCNC1. The second kappa shape index (κ2) is 6.84. The Morgan fingerprint density at radius 2 is 2.14 bits per heavy atom. The molecule has 4 heteroatoms. The molecule has 1 aromatic carbocycles. The molecule has 1 heterocycles. The highest BCUT2D eigenvalue weighted by atomic mass is 32.2. The molecule has 0 radical (unpaired) electrons. The number of nitrogens with zero attached hydrogens (tertiary/aromatic N) is 1. The van der Waals surface area contributed by atoms with Gasteiger partial charge in [0.1, 0.15) is 0 Å². The average Bonchev–Trinajstić information content (AvgIpc) is 3.17. The average molecular weight is 304 g/mol. The highest BCUT2D eigenvalue weighted by Gasteiger charge is 2.33. The van der Waals surface area contributed by atoms with Gasteiger partial charge < -0.3 is 10.2 Å². The van der Waals surface area contributed by atoms with Crippen molar-refractivity contribution in [3.8, 4) is 0 Å². The highest BCUT2D eigenvalue weighted by molar-refractivity contribution is 7.99. The minimum Gasteiger partial charge on any atom is -0.334 e. The molecule has 0 bridgehead atoms. The Labute approximate surface area is 131 Å². The van der Waals surface area contributed by atoms with E-state index >= 15 is 0 Å². The Balaban J connectivity index is 1.82. The van der Waals surface area contributed by atoms with Gasteiger partial charge in [-0.05, 0) is 49.6 Å². The molecule has 2 fully saturated rings. The zero-order valence-electron chi connectivity index (χ0n) is 12.7. The maximum atomic E-state index is 13.1. The lowest BCUT2D eigenvalue weighted by Crippen LogP contribution is -2.43. The number of benzene rings is 1. The number of carbonyl (C=O) groups is 1. The van der Waals surface area contributed by atoms with Gasteiger partial charge in [0.05, 0.1) is 5.56 Å². The topological polar surface area (TPSA) is 32.3 Å². The Hall–Kier alpha value is -1.00. The quantitative estimate of drug-likeness (QED) is 0.820. The number of amides is 1. The lowest BCUT2D eigenvalue weighted by Gasteiger charge is -2.29. The second-order valence-electron chi connectivity index (χ2n) is 5.98. The molecule has 1 aliphatic carbocycles. The van der Waals surface area contributed by atoms with Crippen LogP contribution in [0.5, 0.6) is 0 Å². The maximum absolute atomic E-state index is 13.1. The van der Waals surface area contributed by atoms with Crippen LogP contribution in [0.2, 0.25) is 0 Å². The number of nitrogens with one attached hydrogen (secondary N) is 1. The normalized spacial score (nSPS) is 21.5. The van der Waals surface area contributed by atoms with Crippen LogP contribution in [0, 0.1) is 5.92 Å². The first-order valence-electron chi connectivity index (χ1n) is 8.03. The Kier molecular flexibility index (Phi) is 4.86. The standard InChI is InChI=1S/C17H24N2OS/c1-2-21-16-6-4-3-5-15(16)17(20)19(12-13-7-8-13)14-9-10-18-11-14/h3-6,13-14,18H,2,7-12H2,1H3. The highest BCUT2D eigenvalue weighted by Crippen LogP contribution is 2.32. The largest absolute Gasteiger partial charge is 0.334 e. The second-order valence-corrected chi connectivity index (χ2v) is 7.28. The predicted molar refractivity (Wildman–Crippen MR) is 87.9 cm³/mol. The van der Waals surface area contributed by atoms with Crippen molar-refractivity contribution in [1.29, 1.82) is 0 Å². The van der Waals surface area contributed by atoms with Crippen molar-refractivity contribution < 1.29 is 4.79 Å². The fourth-order valence-corrected chi connectivity index (χ4v) is 3.76. The van der Waals surface area contributed by atoms with Crippen molar-refractivity contribution in [1.82, 2.24) is 10.2 Å². The minimum atomic E-state index is 0.229. The molecule has 0 aromatic heterocycles. The summed E-state index contributed by atoms with van der Waals surface area (Å²) < 4.78 is 0. The van der Waals surface area contributed by atoms with E-state index < -0.39 is 0 Å². The molecule has 21 heavy (non-hydrogen) atoms. The van der Waals surface area contributed by atoms with Crippen molar-refractivity contribution in [2.45, 2.75) is 37.1 Å². The summed E-state index contributed by atoms with van der Waals surface area (Å²) in [7, 11) is 0. The molecule has 3 nitrogen and oxygen atoms in total. The van der Waals surface area contributed by atoms with Gasteiger partial charge in [-0.3, -0.25) is 4.79 Å². The lowest BCUT2D eigenvalue weighted by molar-refractivity contribution is 0.0678. The Bertz CT molecular complexity index is 495. The molecular formula is C17H24N2OS. The van der Waals surface area contributed by atoms with Crippen LogP contribution in [0.15, 0.2) is 29.2 Å². The van der Waals surface area contributed by atoms with E-state index in [9.17, 15) is 4.79 Å². The molecule has 1 saturated heterocycles. The lowest BCUT2D eigenvalue weighted by atomic mass is 10.1. The number of thioether (sulfide) groups is 1. The first-order chi connectivity index (χ1) is 10.3. The van der Waals surface area contributed by atoms with E-state index in [0.717, 1.165) is 48.2 Å². The van der Waals surface area contributed by atoms with Crippen LogP contribution in [0.4, 0.5) is 0 Å². The monoisotopic (exact) mass is 304 g/mol. The first-order valence-corrected chi connectivity index (χ1v) is 9.01. The number of rotatable bonds is 6. The predicted octanol–water partition coefficient (Wildman–Crippen LogP) is 3.01. The molecule has 1 N–H and O–H groups in total. The van der Waals surface area contributed by atoms with Crippen LogP contribution in [0.25, 0.3) is 0 Å². The van der Waals surface area contributed by atoms with Gasteiger partial charge >= 0.3 is 0 Å². The summed E-state index contributed by atoms with van der Waals surface area (Å²) in [5, 5.41) is 3.39. The van der Waals surface area contributed by atoms with Gasteiger partial charge in [-0.2, -0.15) is 0 Å². The zero-order valence-corrected chi connectivity index (χ0v) is 13.5. The summed E-state index contributed by atoms with van der Waals surface area (Å²) >= 11 is 1.76. The van der Waals surface area contributed by atoms with Crippen molar-refractivity contribution in [2.24, 2.45) is 5.92 Å². The zero-order chi connectivity index (χ0) is 14.7. The summed E-state index contributed by atoms with van der Waals surface area (Å²) in [4.78, 5) is 16.3. The summed E-state index contributed by atoms with van der Waals surface area (Å²) in [5.41, 5.74) is 0.886. The fraction of sp³-hybridized carbons (Fsp3) is 0.588. The van der Waals surface area contributed by atoms with Crippen LogP contribution in [0.3, 0.4) is 0 Å². The van der Waals surface area contributed by atoms with E-state index in [4.69, 9.17) is 0 Å². The van der Waals surface area contributed by atoms with E-state index in [0.29, 0.717) is 6.04 Å². The maximum Gasteiger partial charge on any atom is 0.255 e. The smallest absolute Gasteiger partial charge is 0.255 e. The molecule has 1 saturated carbocycles. The molecule has 2 aliphatic rings. The first kappa shape index (κ1) is 14.9. The van der Waals surface area contributed by atoms with Crippen LogP contribution < -0.4 is 5.32 Å². The summed E-state index contributed by atoms with van der Waals surface area (Å²) in [6, 6.07) is 8.44. The van der Waals surface area contributed by atoms with Crippen LogP contribution in [-0.2, 0) is 0 Å². The third kappa shape index (κ3) is 3.61. The Morgan fingerprint density at radius 3 is 2.81 bits per heavy atom. The van der Waals surface area contributed by atoms with Gasteiger partial charge in [0.15, 0.2) is 0 Å². The van der Waals surface area contributed by atoms with Gasteiger partial charge in [0, 0.05) is 24.0 Å². The molecule has 1 amide bonds. The molecule has 3 rings (SSSR count). The minimum absolute atomic E-state index is 0.229. The van der Waals surface area contributed by atoms with Gasteiger partial charge in [-0.25, -0.2) is 0 Å². The molecule has 1 aromatic rings. The molecule has 0 spiro atoms. The van der Waals surface area contributed by atoms with E-state index in [2.05, 4.69) is 23.2 Å². The van der Waals surface area contributed by atoms with Crippen LogP contribution in [0.1, 0.15) is 36.5 Å². The van der Waals surface area contributed by atoms with Gasteiger partial charge in [0.2, 0.25) is 0 Å². The molecule has 114 valence electrons. The number of hydrogen-bond donors (Lipinski definition) is 1. The van der Waals surface area contributed by atoms with Gasteiger partial charge in [-0.15, -0.1) is 11.8 Å². The van der Waals surface area contributed by atoms with Crippen molar-refractivity contribution in [3.63, 3.8) is 0 Å². The summed E-state index contributed by atoms with van der Waals surface area (Å²) in [6.45, 7) is 5.05. The summed E-state index contributed by atoms with van der Waals surface area (Å²) in [5.74, 6) is 1.96. The number of carbonyl (C=O) groups excluding carboxylic acids is 1. The van der Waals surface area contributed by atoms with Crippen LogP contribution in [-0.4, -0.2) is 42.2 Å². The molecule has 1 aliphatic heterocycles. The van der Waals surface area contributed by atoms with E-state index in [1.165, 1.54) is 12.8 Å². The van der Waals surface area contributed by atoms with Gasteiger partial charge in [-0.1, -0.05) is 19.1 Å². The Morgan fingerprint density at radius 1 is 1.33 bits per heavy atom. The van der Waals surface area contributed by atoms with Crippen LogP contribution >= 0.6 is 11.8 Å². The summed E-state index contributed by atoms with van der Waals surface area (Å²) in [6.07, 6.45) is 3.66. The van der Waals surface area contributed by atoms with E-state index in [1.807, 2.05) is 18.2 Å². The molecular weight excluding hydrogens is 280 g/mol. The van der Waals surface area contributed by atoms with Crippen molar-refractivity contribution in [3.05, 3.63) is 29.8 Å². The fourth-order valence-electron chi connectivity index (χ4n) is 2.96.